The standard InChI is InChI=1S/C21H24N2O6S/c1-4-28-21(26)19-16-8-9-23(13(2)24)11-17(16)30-20(19)22-18(25)12-29-15-7-5-6-14(10-15)27-3/h5-7,10H,4,8-9,11-12H2,1-3H3,(H,22,25). The second-order valence-electron chi connectivity index (χ2n) is 6.63. The van der Waals surface area contributed by atoms with E-state index in [0.717, 1.165) is 10.4 Å². The van der Waals surface area contributed by atoms with Gasteiger partial charge in [-0.25, -0.2) is 4.79 Å². The molecule has 1 aromatic heterocycles. The van der Waals surface area contributed by atoms with Crippen molar-refractivity contribution in [2.75, 3.05) is 32.2 Å². The maximum atomic E-state index is 12.6. The molecule has 0 atom stereocenters. The van der Waals surface area contributed by atoms with Crippen LogP contribution in [0.4, 0.5) is 5.00 Å². The lowest BCUT2D eigenvalue weighted by molar-refractivity contribution is -0.129. The van der Waals surface area contributed by atoms with Crippen LogP contribution < -0.4 is 14.8 Å². The number of carbonyl (C=O) groups excluding carboxylic acids is 3. The van der Waals surface area contributed by atoms with Gasteiger partial charge < -0.3 is 24.4 Å². The molecular weight excluding hydrogens is 408 g/mol. The maximum absolute atomic E-state index is 12.6. The van der Waals surface area contributed by atoms with Gasteiger partial charge >= 0.3 is 5.97 Å². The minimum atomic E-state index is -0.477. The average molecular weight is 432 g/mol. The fourth-order valence-corrected chi connectivity index (χ4v) is 4.45. The van der Waals surface area contributed by atoms with Gasteiger partial charge in [0.25, 0.3) is 5.91 Å². The molecule has 1 N–H and O–H groups in total. The van der Waals surface area contributed by atoms with Crippen LogP contribution in [0.2, 0.25) is 0 Å². The molecule has 8 nitrogen and oxygen atoms in total. The fraction of sp³-hybridized carbons (Fsp3) is 0.381. The number of benzene rings is 1. The Bertz CT molecular complexity index is 955. The number of carbonyl (C=O) groups is 3. The summed E-state index contributed by atoms with van der Waals surface area (Å²) in [6, 6.07) is 6.94. The van der Waals surface area contributed by atoms with Gasteiger partial charge in [0.2, 0.25) is 5.91 Å². The van der Waals surface area contributed by atoms with E-state index in [1.807, 2.05) is 0 Å². The maximum Gasteiger partial charge on any atom is 0.341 e. The van der Waals surface area contributed by atoms with Crippen LogP contribution >= 0.6 is 11.3 Å². The molecule has 1 aliphatic rings. The number of nitrogens with zero attached hydrogens (tertiary/aromatic N) is 1. The van der Waals surface area contributed by atoms with Crippen LogP contribution in [0.5, 0.6) is 11.5 Å². The van der Waals surface area contributed by atoms with Crippen LogP contribution in [0.3, 0.4) is 0 Å². The Labute approximate surface area is 178 Å². The van der Waals surface area contributed by atoms with E-state index < -0.39 is 11.9 Å². The monoisotopic (exact) mass is 432 g/mol. The highest BCUT2D eigenvalue weighted by atomic mass is 32.1. The number of hydrogen-bond donors (Lipinski definition) is 1. The number of anilines is 1. The molecular formula is C21H24N2O6S. The summed E-state index contributed by atoms with van der Waals surface area (Å²) in [5.74, 6) is 0.223. The highest BCUT2D eigenvalue weighted by molar-refractivity contribution is 7.17. The molecule has 2 aromatic rings. The van der Waals surface area contributed by atoms with Crippen LogP contribution in [0, 0.1) is 0 Å². The molecule has 9 heteroatoms. The van der Waals surface area contributed by atoms with E-state index in [0.29, 0.717) is 41.6 Å². The van der Waals surface area contributed by atoms with Gasteiger partial charge in [-0.2, -0.15) is 0 Å². The quantitative estimate of drug-likeness (QED) is 0.676. The Morgan fingerprint density at radius 2 is 2.00 bits per heavy atom. The lowest BCUT2D eigenvalue weighted by atomic mass is 10.0. The molecule has 2 amide bonds. The fourth-order valence-electron chi connectivity index (χ4n) is 3.18. The van der Waals surface area contributed by atoms with Gasteiger partial charge in [0.1, 0.15) is 16.5 Å². The van der Waals surface area contributed by atoms with Crippen molar-refractivity contribution < 1.29 is 28.6 Å². The molecule has 1 aliphatic heterocycles. The van der Waals surface area contributed by atoms with Crippen molar-refractivity contribution in [3.05, 3.63) is 40.3 Å². The summed E-state index contributed by atoms with van der Waals surface area (Å²) in [4.78, 5) is 39.3. The number of esters is 1. The Morgan fingerprint density at radius 1 is 1.23 bits per heavy atom. The second-order valence-corrected chi connectivity index (χ2v) is 7.74. The van der Waals surface area contributed by atoms with Gasteiger partial charge in [0.05, 0.1) is 25.8 Å². The third-order valence-electron chi connectivity index (χ3n) is 4.65. The van der Waals surface area contributed by atoms with E-state index in [4.69, 9.17) is 14.2 Å². The van der Waals surface area contributed by atoms with Crippen molar-refractivity contribution in [2.45, 2.75) is 26.8 Å². The van der Waals surface area contributed by atoms with E-state index in [9.17, 15) is 14.4 Å². The molecule has 0 spiro atoms. The molecule has 0 aliphatic carbocycles. The highest BCUT2D eigenvalue weighted by Crippen LogP contribution is 2.37. The van der Waals surface area contributed by atoms with Crippen LogP contribution in [0.1, 0.15) is 34.6 Å². The summed E-state index contributed by atoms with van der Waals surface area (Å²) in [5.41, 5.74) is 1.20. The Balaban J connectivity index is 1.76. The van der Waals surface area contributed by atoms with Gasteiger partial charge in [-0.05, 0) is 31.0 Å². The van der Waals surface area contributed by atoms with Gasteiger partial charge in [-0.15, -0.1) is 11.3 Å². The highest BCUT2D eigenvalue weighted by Gasteiger charge is 2.30. The number of hydrogen-bond acceptors (Lipinski definition) is 7. The minimum absolute atomic E-state index is 0.0241. The normalized spacial score (nSPS) is 12.7. The Kier molecular flexibility index (Phi) is 6.94. The molecule has 30 heavy (non-hydrogen) atoms. The van der Waals surface area contributed by atoms with Crippen molar-refractivity contribution in [3.8, 4) is 11.5 Å². The molecule has 1 aromatic carbocycles. The van der Waals surface area contributed by atoms with E-state index >= 15 is 0 Å². The zero-order valence-corrected chi connectivity index (χ0v) is 18.0. The summed E-state index contributed by atoms with van der Waals surface area (Å²) in [6.45, 7) is 4.19. The molecule has 0 saturated carbocycles. The third-order valence-corrected chi connectivity index (χ3v) is 5.78. The summed E-state index contributed by atoms with van der Waals surface area (Å²) in [7, 11) is 1.55. The van der Waals surface area contributed by atoms with Crippen molar-refractivity contribution in [2.24, 2.45) is 0 Å². The molecule has 0 bridgehead atoms. The summed E-state index contributed by atoms with van der Waals surface area (Å²) in [6.07, 6.45) is 0.537. The number of nitrogens with one attached hydrogen (secondary N) is 1. The number of thiophene rings is 1. The van der Waals surface area contributed by atoms with Crippen molar-refractivity contribution >= 4 is 34.1 Å². The molecule has 160 valence electrons. The Hall–Kier alpha value is -3.07. The van der Waals surface area contributed by atoms with Crippen LogP contribution in [0.25, 0.3) is 0 Å². The van der Waals surface area contributed by atoms with Crippen molar-refractivity contribution in [1.29, 1.82) is 0 Å². The smallest absolute Gasteiger partial charge is 0.341 e. The van der Waals surface area contributed by atoms with Gasteiger partial charge in [0.15, 0.2) is 6.61 Å². The molecule has 2 heterocycles. The second kappa shape index (κ2) is 9.62. The zero-order valence-electron chi connectivity index (χ0n) is 17.1. The zero-order chi connectivity index (χ0) is 21.7. The van der Waals surface area contributed by atoms with E-state index in [-0.39, 0.29) is 19.1 Å². The summed E-state index contributed by atoms with van der Waals surface area (Å²) in [5, 5.41) is 3.19. The lowest BCUT2D eigenvalue weighted by Gasteiger charge is -2.25. The SMILES string of the molecule is CCOC(=O)c1c(NC(=O)COc2cccc(OC)c2)sc2c1CCN(C(C)=O)C2. The van der Waals surface area contributed by atoms with E-state index in [2.05, 4.69) is 5.32 Å². The predicted molar refractivity (Wildman–Crippen MR) is 112 cm³/mol. The van der Waals surface area contributed by atoms with Gasteiger partial charge in [-0.3, -0.25) is 9.59 Å². The van der Waals surface area contributed by atoms with E-state index in [1.54, 1.807) is 43.2 Å². The van der Waals surface area contributed by atoms with Crippen LogP contribution in [-0.4, -0.2) is 49.6 Å². The van der Waals surface area contributed by atoms with Gasteiger partial charge in [0, 0.05) is 24.4 Å². The number of ether oxygens (including phenoxy) is 3. The van der Waals surface area contributed by atoms with Crippen LogP contribution in [-0.2, 0) is 27.3 Å². The lowest BCUT2D eigenvalue weighted by Crippen LogP contribution is -2.34. The van der Waals surface area contributed by atoms with Crippen molar-refractivity contribution in [3.63, 3.8) is 0 Å². The minimum Gasteiger partial charge on any atom is -0.497 e. The summed E-state index contributed by atoms with van der Waals surface area (Å²) < 4.78 is 15.9. The molecule has 0 saturated heterocycles. The first-order chi connectivity index (χ1) is 14.4. The third kappa shape index (κ3) is 4.91. The largest absolute Gasteiger partial charge is 0.497 e. The van der Waals surface area contributed by atoms with Gasteiger partial charge in [-0.1, -0.05) is 6.07 Å². The first-order valence-electron chi connectivity index (χ1n) is 9.56. The Morgan fingerprint density at radius 3 is 2.70 bits per heavy atom. The van der Waals surface area contributed by atoms with Crippen LogP contribution in [0.15, 0.2) is 24.3 Å². The predicted octanol–water partition coefficient (Wildman–Crippen LogP) is 2.86. The first-order valence-corrected chi connectivity index (χ1v) is 10.4. The number of methoxy groups -OCH3 is 1. The molecule has 3 rings (SSSR count). The molecule has 0 radical (unpaired) electrons. The number of rotatable bonds is 7. The summed E-state index contributed by atoms with van der Waals surface area (Å²) >= 11 is 1.29. The van der Waals surface area contributed by atoms with Crippen molar-refractivity contribution in [1.82, 2.24) is 4.90 Å². The number of fused-ring (bicyclic) bond motifs is 1. The first kappa shape index (κ1) is 21.6. The molecule has 0 fully saturated rings. The average Bonchev–Trinajstić information content (AvgIpc) is 3.09. The number of amides is 2. The topological polar surface area (TPSA) is 94.2 Å². The molecule has 0 unspecified atom stereocenters. The van der Waals surface area contributed by atoms with E-state index in [1.165, 1.54) is 18.3 Å².